The average Bonchev–Trinajstić information content (AvgIpc) is 3.44. The summed E-state index contributed by atoms with van der Waals surface area (Å²) in [4.78, 5) is 45.6. The number of thiazole rings is 1. The third kappa shape index (κ3) is 3.45. The second-order valence-electron chi connectivity index (χ2n) is 10.6. The van der Waals surface area contributed by atoms with Gasteiger partial charge >= 0.3 is 5.76 Å². The van der Waals surface area contributed by atoms with Crippen molar-refractivity contribution < 1.29 is 14.0 Å². The van der Waals surface area contributed by atoms with Gasteiger partial charge in [0.05, 0.1) is 5.52 Å². The smallest absolute Gasteiger partial charge is 0.408 e. The number of hydrogen-bond acceptors (Lipinski definition) is 6. The van der Waals surface area contributed by atoms with E-state index in [0.29, 0.717) is 47.1 Å². The van der Waals surface area contributed by atoms with Crippen molar-refractivity contribution in [2.45, 2.75) is 64.7 Å². The van der Waals surface area contributed by atoms with Gasteiger partial charge in [0.1, 0.15) is 5.78 Å². The van der Waals surface area contributed by atoms with Crippen molar-refractivity contribution in [3.05, 3.63) is 44.9 Å². The molecule has 2 N–H and O–H groups in total. The van der Waals surface area contributed by atoms with E-state index in [1.54, 1.807) is 6.20 Å². The predicted octanol–water partition coefficient (Wildman–Crippen LogP) is 4.96. The van der Waals surface area contributed by atoms with Gasteiger partial charge in [0, 0.05) is 29.3 Å². The third-order valence-electron chi connectivity index (χ3n) is 8.72. The lowest BCUT2D eigenvalue weighted by Crippen LogP contribution is -2.44. The van der Waals surface area contributed by atoms with Crippen LogP contribution in [-0.2, 0) is 16.0 Å². The topological polar surface area (TPSA) is 105 Å². The minimum absolute atomic E-state index is 0.0249. The number of anilines is 1. The Labute approximate surface area is 201 Å². The normalized spacial score (nSPS) is 30.1. The van der Waals surface area contributed by atoms with E-state index < -0.39 is 5.76 Å². The van der Waals surface area contributed by atoms with E-state index in [0.717, 1.165) is 42.5 Å². The lowest BCUT2D eigenvalue weighted by molar-refractivity contribution is -0.129. The van der Waals surface area contributed by atoms with Gasteiger partial charge in [0.25, 0.3) is 0 Å². The molecule has 0 aliphatic heterocycles. The van der Waals surface area contributed by atoms with E-state index >= 15 is 0 Å². The molecule has 3 aliphatic rings. The Bertz CT molecular complexity index is 1350. The van der Waals surface area contributed by atoms with E-state index in [1.165, 1.54) is 22.5 Å². The molecule has 3 aromatic rings. The molecule has 34 heavy (non-hydrogen) atoms. The number of rotatable bonds is 4. The van der Waals surface area contributed by atoms with Crippen molar-refractivity contribution in [1.82, 2.24) is 9.97 Å². The summed E-state index contributed by atoms with van der Waals surface area (Å²) < 4.78 is 5.29. The van der Waals surface area contributed by atoms with Crippen LogP contribution in [0.1, 0.15) is 67.4 Å². The second-order valence-corrected chi connectivity index (χ2v) is 11.8. The van der Waals surface area contributed by atoms with Gasteiger partial charge in [-0.25, -0.2) is 9.78 Å². The molecule has 3 aliphatic carbocycles. The summed E-state index contributed by atoms with van der Waals surface area (Å²) in [5.41, 5.74) is 3.65. The van der Waals surface area contributed by atoms with Crippen LogP contribution in [0.2, 0.25) is 0 Å². The number of ketones is 1. The summed E-state index contributed by atoms with van der Waals surface area (Å²) >= 11 is 1.48. The van der Waals surface area contributed by atoms with Crippen molar-refractivity contribution >= 4 is 39.3 Å². The van der Waals surface area contributed by atoms with Crippen molar-refractivity contribution in [2.75, 3.05) is 5.32 Å². The first-order valence-electron chi connectivity index (χ1n) is 12.2. The summed E-state index contributed by atoms with van der Waals surface area (Å²) in [5.74, 6) is 1.25. The number of hydrogen-bond donors (Lipinski definition) is 2. The Morgan fingerprint density at radius 3 is 2.97 bits per heavy atom. The Morgan fingerprint density at radius 2 is 2.18 bits per heavy atom. The molecule has 2 aromatic heterocycles. The summed E-state index contributed by atoms with van der Waals surface area (Å²) in [6.07, 6.45) is 7.32. The van der Waals surface area contributed by atoms with Gasteiger partial charge in [-0.15, -0.1) is 11.3 Å². The van der Waals surface area contributed by atoms with Crippen LogP contribution in [0.3, 0.4) is 0 Å². The summed E-state index contributed by atoms with van der Waals surface area (Å²) in [5, 5.41) is 3.55. The summed E-state index contributed by atoms with van der Waals surface area (Å²) in [6.45, 7) is 4.14. The van der Waals surface area contributed by atoms with Gasteiger partial charge in [-0.2, -0.15) is 0 Å². The first kappa shape index (κ1) is 21.8. The van der Waals surface area contributed by atoms with Crippen LogP contribution in [0.15, 0.2) is 27.5 Å². The van der Waals surface area contributed by atoms with Crippen LogP contribution in [0.4, 0.5) is 5.13 Å². The standard InChI is InChI=1S/C26H29N3O4S/c1-13-12-27-24(34-13)29-22(31)6-4-15-10-21(30)26(2)8-7-16-17(23(15)26)5-3-14-9-20-19(11-18(14)16)28-25(32)33-20/h9,11-12,15-17,23H,3-8,10H2,1-2H3,(H,28,32)(H,27,29,31)/t15-,16?,17?,23?,26-/m1/s1. The molecule has 2 fully saturated rings. The van der Waals surface area contributed by atoms with Gasteiger partial charge in [-0.3, -0.25) is 14.6 Å². The van der Waals surface area contributed by atoms with Crippen LogP contribution < -0.4 is 11.1 Å². The maximum absolute atomic E-state index is 13.2. The molecule has 0 saturated heterocycles. The number of carbonyl (C=O) groups excluding carboxylic acids is 2. The maximum atomic E-state index is 13.2. The molecule has 7 nitrogen and oxygen atoms in total. The number of amides is 1. The highest BCUT2D eigenvalue weighted by molar-refractivity contribution is 7.15. The van der Waals surface area contributed by atoms with Crippen molar-refractivity contribution in [2.24, 2.45) is 23.2 Å². The molecular weight excluding hydrogens is 450 g/mol. The second kappa shape index (κ2) is 7.90. The Balaban J connectivity index is 1.24. The zero-order chi connectivity index (χ0) is 23.6. The van der Waals surface area contributed by atoms with Crippen LogP contribution in [0.5, 0.6) is 0 Å². The number of fused-ring (bicyclic) bond motifs is 6. The lowest BCUT2D eigenvalue weighted by atomic mass is 9.54. The fourth-order valence-corrected chi connectivity index (χ4v) is 7.93. The number of carbonyl (C=O) groups is 2. The largest absolute Gasteiger partial charge is 0.417 e. The fourth-order valence-electron chi connectivity index (χ4n) is 7.25. The monoisotopic (exact) mass is 479 g/mol. The highest BCUT2D eigenvalue weighted by Gasteiger charge is 2.58. The Morgan fingerprint density at radius 1 is 1.32 bits per heavy atom. The molecule has 0 spiro atoms. The molecule has 2 heterocycles. The first-order chi connectivity index (χ1) is 16.3. The number of Topliss-reactive ketones (excluding diaryl/α,β-unsaturated/α-hetero) is 1. The van der Waals surface area contributed by atoms with E-state index in [9.17, 15) is 14.4 Å². The van der Waals surface area contributed by atoms with Crippen molar-refractivity contribution in [3.63, 3.8) is 0 Å². The molecule has 8 heteroatoms. The SMILES string of the molecule is Cc1cnc(NC(=O)CC[C@@H]2CC(=O)[C@@]3(C)CCC4c5cc6[nH]c(=O)oc6cc5CCC4C23)s1. The number of nitrogens with zero attached hydrogens (tertiary/aromatic N) is 1. The molecule has 2 saturated carbocycles. The number of H-pyrrole nitrogens is 1. The fraction of sp³-hybridized carbons (Fsp3) is 0.538. The highest BCUT2D eigenvalue weighted by Crippen LogP contribution is 2.62. The number of nitrogens with one attached hydrogen (secondary N) is 2. The molecule has 0 bridgehead atoms. The first-order valence-corrected chi connectivity index (χ1v) is 13.0. The highest BCUT2D eigenvalue weighted by atomic mass is 32.1. The molecule has 3 unspecified atom stereocenters. The van der Waals surface area contributed by atoms with E-state index in [1.807, 2.05) is 13.0 Å². The minimum atomic E-state index is -0.419. The quantitative estimate of drug-likeness (QED) is 0.550. The average molecular weight is 480 g/mol. The van der Waals surface area contributed by atoms with Gasteiger partial charge in [0.2, 0.25) is 5.91 Å². The number of benzene rings is 1. The lowest BCUT2D eigenvalue weighted by Gasteiger charge is -2.50. The van der Waals surface area contributed by atoms with Crippen LogP contribution in [-0.4, -0.2) is 21.7 Å². The minimum Gasteiger partial charge on any atom is -0.408 e. The van der Waals surface area contributed by atoms with Crippen LogP contribution in [0.25, 0.3) is 11.1 Å². The van der Waals surface area contributed by atoms with E-state index in [2.05, 4.69) is 28.3 Å². The van der Waals surface area contributed by atoms with Crippen molar-refractivity contribution in [3.8, 4) is 0 Å². The predicted molar refractivity (Wildman–Crippen MR) is 130 cm³/mol. The molecule has 5 atom stereocenters. The molecule has 6 rings (SSSR count). The third-order valence-corrected chi connectivity index (χ3v) is 9.55. The number of aromatic nitrogens is 2. The molecule has 1 amide bonds. The molecule has 0 radical (unpaired) electrons. The summed E-state index contributed by atoms with van der Waals surface area (Å²) in [7, 11) is 0. The van der Waals surface area contributed by atoms with Crippen molar-refractivity contribution in [1.29, 1.82) is 0 Å². The van der Waals surface area contributed by atoms with Crippen LogP contribution >= 0.6 is 11.3 Å². The molecular formula is C26H29N3O4S. The number of aromatic amines is 1. The van der Waals surface area contributed by atoms with Gasteiger partial charge in [-0.05, 0) is 86.0 Å². The molecule has 178 valence electrons. The zero-order valence-electron chi connectivity index (χ0n) is 19.5. The Kier molecular flexibility index (Phi) is 5.06. The van der Waals surface area contributed by atoms with E-state index in [4.69, 9.17) is 4.42 Å². The Hall–Kier alpha value is -2.74. The number of oxazole rings is 1. The maximum Gasteiger partial charge on any atom is 0.417 e. The summed E-state index contributed by atoms with van der Waals surface area (Å²) in [6, 6.07) is 4.12. The zero-order valence-corrected chi connectivity index (χ0v) is 20.3. The van der Waals surface area contributed by atoms with Gasteiger partial charge in [0.15, 0.2) is 10.7 Å². The van der Waals surface area contributed by atoms with Gasteiger partial charge in [-0.1, -0.05) is 6.92 Å². The van der Waals surface area contributed by atoms with Gasteiger partial charge < -0.3 is 9.73 Å². The number of aryl methyl sites for hydroxylation is 2. The van der Waals surface area contributed by atoms with Crippen LogP contribution in [0, 0.1) is 30.1 Å². The molecule has 1 aromatic carbocycles. The van der Waals surface area contributed by atoms with E-state index in [-0.39, 0.29) is 17.2 Å².